The molecule has 0 amide bonds. The molecule has 166 valence electrons. The number of para-hydroxylation sites is 1. The molecule has 0 radical (unpaired) electrons. The van der Waals surface area contributed by atoms with Crippen LogP contribution in [0.2, 0.25) is 5.02 Å². The van der Waals surface area contributed by atoms with Crippen molar-refractivity contribution in [3.63, 3.8) is 0 Å². The van der Waals surface area contributed by atoms with E-state index in [9.17, 15) is 23.3 Å². The number of benzene rings is 2. The first kappa shape index (κ1) is 22.5. The lowest BCUT2D eigenvalue weighted by Crippen LogP contribution is -2.42. The highest BCUT2D eigenvalue weighted by Crippen LogP contribution is 2.34. The van der Waals surface area contributed by atoms with Gasteiger partial charge >= 0.3 is 0 Å². The fourth-order valence-corrected chi connectivity index (χ4v) is 6.15. The molecule has 1 fully saturated rings. The summed E-state index contributed by atoms with van der Waals surface area (Å²) in [6, 6.07) is 11.2. The molecule has 4 rings (SSSR count). The Morgan fingerprint density at radius 2 is 1.91 bits per heavy atom. The highest BCUT2D eigenvalue weighted by atomic mass is 35.5. The molecule has 32 heavy (non-hydrogen) atoms. The lowest BCUT2D eigenvalue weighted by Gasteiger charge is -2.22. The molecule has 0 spiro atoms. The molecule has 1 aliphatic heterocycles. The molecule has 1 aromatic heterocycles. The van der Waals surface area contributed by atoms with Crippen molar-refractivity contribution >= 4 is 45.0 Å². The predicted octanol–water partition coefficient (Wildman–Crippen LogP) is 4.09. The van der Waals surface area contributed by atoms with Crippen LogP contribution >= 0.6 is 23.4 Å². The van der Waals surface area contributed by atoms with Gasteiger partial charge in [-0.25, -0.2) is 13.1 Å². The van der Waals surface area contributed by atoms with Gasteiger partial charge < -0.3 is 0 Å². The average Bonchev–Trinajstić information content (AvgIpc) is 3.44. The van der Waals surface area contributed by atoms with E-state index in [0.29, 0.717) is 27.7 Å². The van der Waals surface area contributed by atoms with Gasteiger partial charge in [-0.3, -0.25) is 14.9 Å². The number of halogens is 1. The second kappa shape index (κ2) is 9.02. The summed E-state index contributed by atoms with van der Waals surface area (Å²) in [5, 5.41) is 15.7. The van der Waals surface area contributed by atoms with Crippen LogP contribution in [0, 0.1) is 10.1 Å². The minimum absolute atomic E-state index is 0.0485. The Morgan fingerprint density at radius 1 is 1.19 bits per heavy atom. The monoisotopic (exact) mass is 492 g/mol. The minimum Gasteiger partial charge on any atom is -0.271 e. The van der Waals surface area contributed by atoms with E-state index in [0.717, 1.165) is 16.4 Å². The summed E-state index contributed by atoms with van der Waals surface area (Å²) in [7, 11) is -3.88. The number of nitro groups is 1. The van der Waals surface area contributed by atoms with E-state index >= 15 is 0 Å². The SMILES string of the molecule is O=C([C@@H]1CCCN1S(=O)(=O)c1ccc(Cl)cc1)n1cc(Sc2ccccc2[N+](=O)[O-])cn1. The zero-order valence-electron chi connectivity index (χ0n) is 16.5. The van der Waals surface area contributed by atoms with Crippen LogP contribution in [0.4, 0.5) is 5.69 Å². The quantitative estimate of drug-likeness (QED) is 0.376. The third-order valence-corrected chi connectivity index (χ3v) is 8.17. The smallest absolute Gasteiger partial charge is 0.271 e. The molecular formula is C20H17ClN4O5S2. The summed E-state index contributed by atoms with van der Waals surface area (Å²) >= 11 is 6.96. The van der Waals surface area contributed by atoms with Crippen molar-refractivity contribution < 1.29 is 18.1 Å². The number of nitro benzene ring substituents is 1. The Hall–Kier alpha value is -2.73. The molecule has 1 saturated heterocycles. The van der Waals surface area contributed by atoms with Crippen molar-refractivity contribution in [2.75, 3.05) is 6.54 Å². The van der Waals surface area contributed by atoms with Gasteiger partial charge in [-0.05, 0) is 43.2 Å². The Balaban J connectivity index is 1.55. The molecule has 3 aromatic rings. The van der Waals surface area contributed by atoms with Crippen LogP contribution in [0.25, 0.3) is 0 Å². The van der Waals surface area contributed by atoms with Gasteiger partial charge in [-0.1, -0.05) is 35.5 Å². The highest BCUT2D eigenvalue weighted by molar-refractivity contribution is 7.99. The Labute approximate surface area is 193 Å². The van der Waals surface area contributed by atoms with Gasteiger partial charge in [0.2, 0.25) is 10.0 Å². The van der Waals surface area contributed by atoms with Crippen molar-refractivity contribution in [1.82, 2.24) is 14.1 Å². The van der Waals surface area contributed by atoms with Gasteiger partial charge in [0, 0.05) is 23.8 Å². The van der Waals surface area contributed by atoms with Gasteiger partial charge in [-0.15, -0.1) is 0 Å². The van der Waals surface area contributed by atoms with Crippen molar-refractivity contribution in [1.29, 1.82) is 0 Å². The molecular weight excluding hydrogens is 476 g/mol. The molecule has 1 atom stereocenters. The maximum absolute atomic E-state index is 13.1. The number of aromatic nitrogens is 2. The summed E-state index contributed by atoms with van der Waals surface area (Å²) in [5.74, 6) is -0.477. The number of carbonyl (C=O) groups is 1. The van der Waals surface area contributed by atoms with E-state index in [2.05, 4.69) is 5.10 Å². The first-order valence-electron chi connectivity index (χ1n) is 9.55. The summed E-state index contributed by atoms with van der Waals surface area (Å²) in [6.07, 6.45) is 3.79. The van der Waals surface area contributed by atoms with Crippen molar-refractivity contribution in [2.24, 2.45) is 0 Å². The van der Waals surface area contributed by atoms with E-state index in [1.807, 2.05) is 0 Å². The van der Waals surface area contributed by atoms with Gasteiger partial charge in [0.05, 0.1) is 25.8 Å². The molecule has 12 heteroatoms. The summed E-state index contributed by atoms with van der Waals surface area (Å²) in [6.45, 7) is 0.223. The first-order valence-corrected chi connectivity index (χ1v) is 12.2. The molecule has 0 bridgehead atoms. The fourth-order valence-electron chi connectivity index (χ4n) is 3.47. The standard InChI is InChI=1S/C20H17ClN4O5S2/c21-14-7-9-16(10-8-14)32(29,30)24-11-3-5-18(24)20(26)23-13-15(12-22-23)31-19-6-2-1-4-17(19)25(27)28/h1-2,4,6-10,12-13,18H,3,5,11H2/t18-/m0/s1. The number of hydrogen-bond donors (Lipinski definition) is 0. The van der Waals surface area contributed by atoms with E-state index in [1.54, 1.807) is 18.2 Å². The molecule has 0 saturated carbocycles. The lowest BCUT2D eigenvalue weighted by molar-refractivity contribution is -0.387. The van der Waals surface area contributed by atoms with E-state index < -0.39 is 26.9 Å². The number of sulfonamides is 1. The van der Waals surface area contributed by atoms with Crippen LogP contribution in [0.3, 0.4) is 0 Å². The van der Waals surface area contributed by atoms with Crippen LogP contribution in [0.1, 0.15) is 17.6 Å². The Kier molecular flexibility index (Phi) is 6.33. The first-order chi connectivity index (χ1) is 15.3. The lowest BCUT2D eigenvalue weighted by atomic mass is 10.2. The highest BCUT2D eigenvalue weighted by Gasteiger charge is 2.40. The van der Waals surface area contributed by atoms with Crippen LogP contribution in [0.15, 0.2) is 75.6 Å². The van der Waals surface area contributed by atoms with E-state index in [-0.39, 0.29) is 17.1 Å². The van der Waals surface area contributed by atoms with Gasteiger partial charge in [0.25, 0.3) is 11.6 Å². The molecule has 0 aliphatic carbocycles. The molecule has 2 heterocycles. The van der Waals surface area contributed by atoms with Crippen molar-refractivity contribution in [2.45, 2.75) is 33.6 Å². The molecule has 2 aromatic carbocycles. The summed E-state index contributed by atoms with van der Waals surface area (Å²) in [4.78, 5) is 24.8. The van der Waals surface area contributed by atoms with E-state index in [1.165, 1.54) is 47.0 Å². The average molecular weight is 493 g/mol. The van der Waals surface area contributed by atoms with Crippen molar-refractivity contribution in [3.8, 4) is 0 Å². The van der Waals surface area contributed by atoms with Crippen LogP contribution in [-0.4, -0.2) is 45.9 Å². The predicted molar refractivity (Wildman–Crippen MR) is 118 cm³/mol. The van der Waals surface area contributed by atoms with Crippen LogP contribution in [0.5, 0.6) is 0 Å². The maximum Gasteiger partial charge on any atom is 0.283 e. The number of carbonyl (C=O) groups excluding carboxylic acids is 1. The second-order valence-electron chi connectivity index (χ2n) is 7.01. The van der Waals surface area contributed by atoms with E-state index in [4.69, 9.17) is 11.6 Å². The Bertz CT molecular complexity index is 1280. The summed E-state index contributed by atoms with van der Waals surface area (Å²) in [5.41, 5.74) is -0.0485. The number of nitrogens with zero attached hydrogens (tertiary/aromatic N) is 4. The van der Waals surface area contributed by atoms with Crippen LogP contribution < -0.4 is 0 Å². The second-order valence-corrected chi connectivity index (χ2v) is 10.5. The molecule has 9 nitrogen and oxygen atoms in total. The topological polar surface area (TPSA) is 115 Å². The zero-order chi connectivity index (χ0) is 22.9. The normalized spacial score (nSPS) is 16.8. The van der Waals surface area contributed by atoms with Gasteiger partial charge in [0.15, 0.2) is 0 Å². The Morgan fingerprint density at radius 3 is 2.62 bits per heavy atom. The number of rotatable bonds is 6. The number of hydrogen-bond acceptors (Lipinski definition) is 7. The third-order valence-electron chi connectivity index (χ3n) is 4.98. The van der Waals surface area contributed by atoms with Crippen molar-refractivity contribution in [3.05, 3.63) is 76.1 Å². The van der Waals surface area contributed by atoms with Gasteiger partial charge in [0.1, 0.15) is 6.04 Å². The third kappa shape index (κ3) is 4.42. The molecule has 0 N–H and O–H groups in total. The molecule has 1 aliphatic rings. The zero-order valence-corrected chi connectivity index (χ0v) is 18.9. The fraction of sp³-hybridized carbons (Fsp3) is 0.200. The maximum atomic E-state index is 13.1. The molecule has 0 unspecified atom stereocenters. The van der Waals surface area contributed by atoms with Gasteiger partial charge in [-0.2, -0.15) is 9.40 Å². The minimum atomic E-state index is -3.88. The largest absolute Gasteiger partial charge is 0.283 e. The van der Waals surface area contributed by atoms with Crippen LogP contribution in [-0.2, 0) is 10.0 Å². The summed E-state index contributed by atoms with van der Waals surface area (Å²) < 4.78 is 28.4.